The molecule has 0 bridgehead atoms. The zero-order valence-electron chi connectivity index (χ0n) is 15.6. The van der Waals surface area contributed by atoms with Crippen molar-refractivity contribution in [1.29, 1.82) is 0 Å². The SMILES string of the molecule is CC#Cc1cnc(N2CCC(CC)CC2)c2cc(OC)c(C(N)=O)cc12. The van der Waals surface area contributed by atoms with E-state index >= 15 is 0 Å². The Morgan fingerprint density at radius 2 is 2.08 bits per heavy atom. The van der Waals surface area contributed by atoms with E-state index in [4.69, 9.17) is 15.5 Å². The van der Waals surface area contributed by atoms with Crippen molar-refractivity contribution in [2.24, 2.45) is 11.7 Å². The molecule has 0 radical (unpaired) electrons. The molecule has 0 spiro atoms. The Labute approximate surface area is 154 Å². The van der Waals surface area contributed by atoms with E-state index in [9.17, 15) is 4.79 Å². The van der Waals surface area contributed by atoms with Gasteiger partial charge in [-0.2, -0.15) is 0 Å². The molecule has 136 valence electrons. The lowest BCUT2D eigenvalue weighted by Crippen LogP contribution is -2.34. The van der Waals surface area contributed by atoms with Crippen LogP contribution in [0.2, 0.25) is 0 Å². The summed E-state index contributed by atoms with van der Waals surface area (Å²) < 4.78 is 5.41. The van der Waals surface area contributed by atoms with Crippen molar-refractivity contribution in [2.75, 3.05) is 25.1 Å². The number of nitrogens with zero attached hydrogens (tertiary/aromatic N) is 2. The summed E-state index contributed by atoms with van der Waals surface area (Å²) in [6.07, 6.45) is 5.36. The van der Waals surface area contributed by atoms with Crippen LogP contribution in [0, 0.1) is 17.8 Å². The summed E-state index contributed by atoms with van der Waals surface area (Å²) in [5, 5.41) is 1.83. The van der Waals surface area contributed by atoms with Crippen molar-refractivity contribution in [3.8, 4) is 17.6 Å². The van der Waals surface area contributed by atoms with Crippen molar-refractivity contribution >= 4 is 22.5 Å². The van der Waals surface area contributed by atoms with Crippen LogP contribution in [0.4, 0.5) is 5.82 Å². The number of nitrogens with two attached hydrogens (primary N) is 1. The number of primary amides is 1. The second-order valence-electron chi connectivity index (χ2n) is 6.67. The summed E-state index contributed by atoms with van der Waals surface area (Å²) in [6, 6.07) is 3.64. The highest BCUT2D eigenvalue weighted by Crippen LogP contribution is 2.35. The van der Waals surface area contributed by atoms with Crippen LogP contribution in [0.25, 0.3) is 10.8 Å². The van der Waals surface area contributed by atoms with Crippen LogP contribution in [0.3, 0.4) is 0 Å². The molecule has 0 aliphatic carbocycles. The quantitative estimate of drug-likeness (QED) is 0.858. The zero-order chi connectivity index (χ0) is 18.7. The predicted octanol–water partition coefficient (Wildman–Crippen LogP) is 3.34. The summed E-state index contributed by atoms with van der Waals surface area (Å²) >= 11 is 0. The van der Waals surface area contributed by atoms with E-state index in [-0.39, 0.29) is 0 Å². The molecule has 1 saturated heterocycles. The largest absolute Gasteiger partial charge is 0.496 e. The van der Waals surface area contributed by atoms with E-state index < -0.39 is 5.91 Å². The zero-order valence-corrected chi connectivity index (χ0v) is 15.6. The number of hydrogen-bond donors (Lipinski definition) is 1. The molecule has 1 aliphatic heterocycles. The Morgan fingerprint density at radius 1 is 1.35 bits per heavy atom. The number of carbonyl (C=O) groups excluding carboxylic acids is 1. The Kier molecular flexibility index (Phi) is 5.32. The molecule has 1 fully saturated rings. The third kappa shape index (κ3) is 3.32. The molecule has 26 heavy (non-hydrogen) atoms. The first-order chi connectivity index (χ1) is 12.6. The number of rotatable bonds is 4. The number of fused-ring (bicyclic) bond motifs is 1. The first-order valence-electron chi connectivity index (χ1n) is 9.07. The minimum Gasteiger partial charge on any atom is -0.496 e. The molecule has 5 heteroatoms. The second kappa shape index (κ2) is 7.65. The smallest absolute Gasteiger partial charge is 0.252 e. The van der Waals surface area contributed by atoms with Gasteiger partial charge in [0.25, 0.3) is 5.91 Å². The molecule has 1 amide bonds. The van der Waals surface area contributed by atoms with Crippen LogP contribution >= 0.6 is 0 Å². The first-order valence-corrected chi connectivity index (χ1v) is 9.07. The number of anilines is 1. The first kappa shape index (κ1) is 18.1. The molecule has 0 atom stereocenters. The molecule has 1 aromatic heterocycles. The minimum atomic E-state index is -0.513. The summed E-state index contributed by atoms with van der Waals surface area (Å²) in [6.45, 7) is 6.01. The molecule has 3 rings (SSSR count). The monoisotopic (exact) mass is 351 g/mol. The second-order valence-corrected chi connectivity index (χ2v) is 6.67. The average Bonchev–Trinajstić information content (AvgIpc) is 2.67. The Bertz CT molecular complexity index is 887. The molecule has 0 unspecified atom stereocenters. The van der Waals surface area contributed by atoms with Gasteiger partial charge < -0.3 is 15.4 Å². The Balaban J connectivity index is 2.16. The van der Waals surface area contributed by atoms with Crippen LogP contribution in [0.15, 0.2) is 18.3 Å². The highest BCUT2D eigenvalue weighted by atomic mass is 16.5. The normalized spacial score (nSPS) is 14.8. The summed E-state index contributed by atoms with van der Waals surface area (Å²) in [4.78, 5) is 18.9. The van der Waals surface area contributed by atoms with E-state index in [2.05, 4.69) is 23.7 Å². The van der Waals surface area contributed by atoms with Crippen LogP contribution in [0.5, 0.6) is 5.75 Å². The fourth-order valence-corrected chi connectivity index (χ4v) is 3.65. The fourth-order valence-electron chi connectivity index (χ4n) is 3.65. The lowest BCUT2D eigenvalue weighted by Gasteiger charge is -2.33. The van der Waals surface area contributed by atoms with Crippen molar-refractivity contribution in [1.82, 2.24) is 4.98 Å². The number of hydrogen-bond acceptors (Lipinski definition) is 4. The van der Waals surface area contributed by atoms with E-state index in [1.165, 1.54) is 19.3 Å². The van der Waals surface area contributed by atoms with Gasteiger partial charge in [-0.25, -0.2) is 4.98 Å². The fraction of sp³-hybridized carbons (Fsp3) is 0.429. The van der Waals surface area contributed by atoms with Crippen molar-refractivity contribution < 1.29 is 9.53 Å². The van der Waals surface area contributed by atoms with Crippen molar-refractivity contribution in [2.45, 2.75) is 33.1 Å². The highest BCUT2D eigenvalue weighted by Gasteiger charge is 2.22. The third-order valence-corrected chi connectivity index (χ3v) is 5.20. The molecule has 2 aromatic rings. The van der Waals surface area contributed by atoms with E-state index in [0.717, 1.165) is 41.2 Å². The minimum absolute atomic E-state index is 0.362. The topological polar surface area (TPSA) is 68.5 Å². The van der Waals surface area contributed by atoms with Gasteiger partial charge in [0, 0.05) is 30.1 Å². The lowest BCUT2D eigenvalue weighted by molar-refractivity contribution is 0.0997. The molecule has 5 nitrogen and oxygen atoms in total. The van der Waals surface area contributed by atoms with Gasteiger partial charge in [0.05, 0.1) is 18.2 Å². The summed E-state index contributed by atoms with van der Waals surface area (Å²) in [5.74, 6) is 7.66. The molecular formula is C21H25N3O2. The van der Waals surface area contributed by atoms with Crippen LogP contribution in [-0.4, -0.2) is 31.1 Å². The molecule has 0 saturated carbocycles. The Morgan fingerprint density at radius 3 is 2.65 bits per heavy atom. The van der Waals surface area contributed by atoms with Gasteiger partial charge in [0.15, 0.2) is 0 Å². The third-order valence-electron chi connectivity index (χ3n) is 5.20. The standard InChI is InChI=1S/C21H25N3O2/c1-4-6-15-13-23-21(24-9-7-14(5-2)8-10-24)17-12-19(26-3)18(20(22)25)11-16(15)17/h11-14H,5,7-10H2,1-3H3,(H2,22,25). The summed E-state index contributed by atoms with van der Waals surface area (Å²) in [7, 11) is 1.54. The number of aromatic nitrogens is 1. The number of amides is 1. The number of pyridine rings is 1. The molecular weight excluding hydrogens is 326 g/mol. The van der Waals surface area contributed by atoms with Crippen LogP contribution < -0.4 is 15.4 Å². The molecule has 1 aromatic carbocycles. The maximum atomic E-state index is 11.8. The number of piperidine rings is 1. The highest BCUT2D eigenvalue weighted by molar-refractivity contribution is 6.05. The van der Waals surface area contributed by atoms with Gasteiger partial charge in [0.2, 0.25) is 0 Å². The maximum absolute atomic E-state index is 11.8. The predicted molar refractivity (Wildman–Crippen MR) is 105 cm³/mol. The maximum Gasteiger partial charge on any atom is 0.252 e. The Hall–Kier alpha value is -2.74. The van der Waals surface area contributed by atoms with E-state index in [0.29, 0.717) is 11.3 Å². The van der Waals surface area contributed by atoms with Crippen molar-refractivity contribution in [3.63, 3.8) is 0 Å². The number of ether oxygens (including phenoxy) is 1. The number of benzene rings is 1. The van der Waals surface area contributed by atoms with E-state index in [1.54, 1.807) is 26.3 Å². The van der Waals surface area contributed by atoms with Crippen molar-refractivity contribution in [3.05, 3.63) is 29.5 Å². The van der Waals surface area contributed by atoms with Gasteiger partial charge in [-0.15, -0.1) is 5.92 Å². The van der Waals surface area contributed by atoms with E-state index in [1.807, 2.05) is 6.07 Å². The summed E-state index contributed by atoms with van der Waals surface area (Å²) in [5.41, 5.74) is 6.69. The van der Waals surface area contributed by atoms with Crippen LogP contribution in [-0.2, 0) is 0 Å². The van der Waals surface area contributed by atoms with Crippen LogP contribution in [0.1, 0.15) is 49.0 Å². The van der Waals surface area contributed by atoms with Gasteiger partial charge in [-0.3, -0.25) is 4.79 Å². The van der Waals surface area contributed by atoms with Gasteiger partial charge in [-0.1, -0.05) is 19.3 Å². The average molecular weight is 351 g/mol. The number of carbonyl (C=O) groups is 1. The molecule has 1 aliphatic rings. The van der Waals surface area contributed by atoms with Gasteiger partial charge in [-0.05, 0) is 37.8 Å². The molecule has 2 N–H and O–H groups in total. The van der Waals surface area contributed by atoms with Gasteiger partial charge >= 0.3 is 0 Å². The number of methoxy groups -OCH3 is 1. The van der Waals surface area contributed by atoms with Gasteiger partial charge in [0.1, 0.15) is 11.6 Å². The molecule has 2 heterocycles. The lowest BCUT2D eigenvalue weighted by atomic mass is 9.94.